The lowest BCUT2D eigenvalue weighted by molar-refractivity contribution is 0.162. The molecule has 2 N–H and O–H groups in total. The van der Waals surface area contributed by atoms with Crippen LogP contribution in [0, 0.1) is 5.92 Å². The van der Waals surface area contributed by atoms with Crippen molar-refractivity contribution in [1.29, 1.82) is 0 Å². The molecule has 2 atom stereocenters. The molecule has 4 rings (SSSR count). The first-order valence-electron chi connectivity index (χ1n) is 7.94. The first-order chi connectivity index (χ1) is 9.76. The minimum Gasteiger partial charge on any atom is -0.497 e. The van der Waals surface area contributed by atoms with Crippen molar-refractivity contribution in [2.24, 2.45) is 11.7 Å². The number of fused-ring (bicyclic) bond motifs is 1. The Hall–Kier alpha value is -1.06. The lowest BCUT2D eigenvalue weighted by atomic mass is 10.1. The molecule has 2 fully saturated rings. The third kappa shape index (κ3) is 2.23. The molecule has 0 heterocycles. The van der Waals surface area contributed by atoms with Gasteiger partial charge in [0.15, 0.2) is 0 Å². The zero-order valence-corrected chi connectivity index (χ0v) is 12.2. The van der Waals surface area contributed by atoms with Crippen LogP contribution in [0.1, 0.15) is 42.9 Å². The number of hydrogen-bond acceptors (Lipinski definition) is 3. The second-order valence-corrected chi connectivity index (χ2v) is 6.73. The molecule has 0 radical (unpaired) electrons. The summed E-state index contributed by atoms with van der Waals surface area (Å²) in [7, 11) is 1.73. The maximum Gasteiger partial charge on any atom is 0.119 e. The predicted molar refractivity (Wildman–Crippen MR) is 79.9 cm³/mol. The maximum absolute atomic E-state index is 6.58. The van der Waals surface area contributed by atoms with Gasteiger partial charge in [-0.3, -0.25) is 4.90 Å². The maximum atomic E-state index is 6.58. The van der Waals surface area contributed by atoms with Crippen molar-refractivity contribution in [1.82, 2.24) is 4.90 Å². The van der Waals surface area contributed by atoms with Gasteiger partial charge in [-0.15, -0.1) is 0 Å². The van der Waals surface area contributed by atoms with Gasteiger partial charge in [-0.1, -0.05) is 6.07 Å². The fourth-order valence-electron chi connectivity index (χ4n) is 3.64. The van der Waals surface area contributed by atoms with Crippen LogP contribution in [0.25, 0.3) is 0 Å². The minimum absolute atomic E-state index is 0.152. The lowest BCUT2D eigenvalue weighted by Gasteiger charge is -2.32. The SMILES string of the molecule is COc1ccc2c(c1)C(N)C(N(CC1CC1)C1CC1)C2. The number of nitrogens with two attached hydrogens (primary N) is 1. The Labute approximate surface area is 121 Å². The van der Waals surface area contributed by atoms with Crippen LogP contribution < -0.4 is 10.5 Å². The summed E-state index contributed by atoms with van der Waals surface area (Å²) in [5, 5.41) is 0. The highest BCUT2D eigenvalue weighted by Crippen LogP contribution is 2.42. The Morgan fingerprint density at radius 2 is 2.05 bits per heavy atom. The van der Waals surface area contributed by atoms with Crippen molar-refractivity contribution >= 4 is 0 Å². The van der Waals surface area contributed by atoms with Crippen LogP contribution >= 0.6 is 0 Å². The largest absolute Gasteiger partial charge is 0.497 e. The van der Waals surface area contributed by atoms with Gasteiger partial charge in [0.05, 0.1) is 7.11 Å². The average Bonchev–Trinajstić information content (AvgIpc) is 3.35. The summed E-state index contributed by atoms with van der Waals surface area (Å²) in [6.45, 7) is 1.27. The zero-order valence-electron chi connectivity index (χ0n) is 12.2. The van der Waals surface area contributed by atoms with Gasteiger partial charge in [-0.2, -0.15) is 0 Å². The van der Waals surface area contributed by atoms with Gasteiger partial charge in [0, 0.05) is 24.7 Å². The first kappa shape index (κ1) is 12.7. The second kappa shape index (κ2) is 4.74. The molecule has 1 aromatic carbocycles. The Balaban J connectivity index is 1.57. The van der Waals surface area contributed by atoms with E-state index in [0.717, 1.165) is 24.1 Å². The van der Waals surface area contributed by atoms with E-state index < -0.39 is 0 Å². The number of methoxy groups -OCH3 is 1. The Kier molecular flexibility index (Phi) is 3.00. The molecule has 108 valence electrons. The summed E-state index contributed by atoms with van der Waals surface area (Å²) in [5.41, 5.74) is 9.30. The van der Waals surface area contributed by atoms with Crippen molar-refractivity contribution in [2.75, 3.05) is 13.7 Å². The molecule has 3 aliphatic carbocycles. The molecular formula is C17H24N2O. The summed E-state index contributed by atoms with van der Waals surface area (Å²) in [4.78, 5) is 2.73. The van der Waals surface area contributed by atoms with E-state index in [2.05, 4.69) is 23.1 Å². The van der Waals surface area contributed by atoms with E-state index in [0.29, 0.717) is 6.04 Å². The molecule has 2 unspecified atom stereocenters. The highest BCUT2D eigenvalue weighted by atomic mass is 16.5. The molecule has 2 saturated carbocycles. The molecule has 0 aliphatic heterocycles. The Morgan fingerprint density at radius 1 is 1.25 bits per heavy atom. The molecule has 0 aromatic heterocycles. The predicted octanol–water partition coefficient (Wildman–Crippen LogP) is 2.49. The molecule has 0 spiro atoms. The van der Waals surface area contributed by atoms with Crippen LogP contribution in [0.15, 0.2) is 18.2 Å². The van der Waals surface area contributed by atoms with E-state index >= 15 is 0 Å². The van der Waals surface area contributed by atoms with Gasteiger partial charge in [0.25, 0.3) is 0 Å². The van der Waals surface area contributed by atoms with Crippen molar-refractivity contribution in [3.63, 3.8) is 0 Å². The van der Waals surface area contributed by atoms with Crippen LogP contribution in [-0.2, 0) is 6.42 Å². The highest BCUT2D eigenvalue weighted by molar-refractivity contribution is 5.42. The van der Waals surface area contributed by atoms with Crippen LogP contribution in [-0.4, -0.2) is 30.6 Å². The number of hydrogen-bond donors (Lipinski definition) is 1. The lowest BCUT2D eigenvalue weighted by Crippen LogP contribution is -2.43. The van der Waals surface area contributed by atoms with Crippen LogP contribution in [0.4, 0.5) is 0 Å². The fourth-order valence-corrected chi connectivity index (χ4v) is 3.64. The summed E-state index contributed by atoms with van der Waals surface area (Å²) in [6.07, 6.45) is 6.70. The fraction of sp³-hybridized carbons (Fsp3) is 0.647. The molecular weight excluding hydrogens is 248 g/mol. The summed E-state index contributed by atoms with van der Waals surface area (Å²) in [5.74, 6) is 1.88. The van der Waals surface area contributed by atoms with Gasteiger partial charge in [-0.05, 0) is 61.3 Å². The van der Waals surface area contributed by atoms with Gasteiger partial charge >= 0.3 is 0 Å². The third-order valence-corrected chi connectivity index (χ3v) is 5.16. The minimum atomic E-state index is 0.152. The van der Waals surface area contributed by atoms with Crippen molar-refractivity contribution < 1.29 is 4.74 Å². The average molecular weight is 272 g/mol. The first-order valence-corrected chi connectivity index (χ1v) is 7.94. The van der Waals surface area contributed by atoms with E-state index in [9.17, 15) is 0 Å². The smallest absolute Gasteiger partial charge is 0.119 e. The van der Waals surface area contributed by atoms with E-state index in [1.165, 1.54) is 43.4 Å². The van der Waals surface area contributed by atoms with Crippen molar-refractivity contribution in [2.45, 2.75) is 50.2 Å². The molecule has 3 aliphatic rings. The molecule has 3 nitrogen and oxygen atoms in total. The Bertz CT molecular complexity index is 508. The summed E-state index contributed by atoms with van der Waals surface area (Å²) >= 11 is 0. The number of ether oxygens (including phenoxy) is 1. The van der Waals surface area contributed by atoms with Gasteiger partial charge in [0.2, 0.25) is 0 Å². The van der Waals surface area contributed by atoms with Crippen LogP contribution in [0.5, 0.6) is 5.75 Å². The monoisotopic (exact) mass is 272 g/mol. The highest BCUT2D eigenvalue weighted by Gasteiger charge is 2.42. The summed E-state index contributed by atoms with van der Waals surface area (Å²) < 4.78 is 5.35. The zero-order chi connectivity index (χ0) is 13.7. The van der Waals surface area contributed by atoms with E-state index in [1.807, 2.05) is 0 Å². The molecule has 0 amide bonds. The van der Waals surface area contributed by atoms with Gasteiger partial charge in [-0.25, -0.2) is 0 Å². The van der Waals surface area contributed by atoms with Crippen LogP contribution in [0.3, 0.4) is 0 Å². The third-order valence-electron chi connectivity index (χ3n) is 5.16. The quantitative estimate of drug-likeness (QED) is 0.895. The van der Waals surface area contributed by atoms with Crippen LogP contribution in [0.2, 0.25) is 0 Å². The second-order valence-electron chi connectivity index (χ2n) is 6.73. The molecule has 1 aromatic rings. The normalized spacial score (nSPS) is 28.8. The molecule has 20 heavy (non-hydrogen) atoms. The van der Waals surface area contributed by atoms with Crippen molar-refractivity contribution in [3.8, 4) is 5.75 Å². The standard InChI is InChI=1S/C17H24N2O/c1-20-14-7-4-12-8-16(17(18)15(12)9-14)19(13-5-6-13)10-11-2-3-11/h4,7,9,11,13,16-17H,2-3,5-6,8,10,18H2,1H3. The number of rotatable bonds is 5. The van der Waals surface area contributed by atoms with Gasteiger partial charge < -0.3 is 10.5 Å². The molecule has 3 heteroatoms. The topological polar surface area (TPSA) is 38.5 Å². The Morgan fingerprint density at radius 3 is 2.70 bits per heavy atom. The van der Waals surface area contributed by atoms with E-state index in [-0.39, 0.29) is 6.04 Å². The number of nitrogens with zero attached hydrogens (tertiary/aromatic N) is 1. The molecule has 0 saturated heterocycles. The van der Waals surface area contributed by atoms with E-state index in [1.54, 1.807) is 7.11 Å². The molecule has 0 bridgehead atoms. The van der Waals surface area contributed by atoms with E-state index in [4.69, 9.17) is 10.5 Å². The van der Waals surface area contributed by atoms with Crippen molar-refractivity contribution in [3.05, 3.63) is 29.3 Å². The number of benzene rings is 1. The summed E-state index contributed by atoms with van der Waals surface area (Å²) in [6, 6.07) is 7.88. The van der Waals surface area contributed by atoms with Gasteiger partial charge in [0.1, 0.15) is 5.75 Å².